The summed E-state index contributed by atoms with van der Waals surface area (Å²) in [7, 11) is 3.48. The van der Waals surface area contributed by atoms with E-state index in [4.69, 9.17) is 0 Å². The molecule has 1 saturated carbocycles. The molecule has 218 valence electrons. The third kappa shape index (κ3) is 8.73. The number of halogens is 5. The van der Waals surface area contributed by atoms with E-state index in [0.29, 0.717) is 25.6 Å². The Kier molecular flexibility index (Phi) is 11.4. The molecule has 5 rings (SSSR count). The van der Waals surface area contributed by atoms with Gasteiger partial charge in [0.1, 0.15) is 11.3 Å². The number of likely N-dealkylation sites (N-methyl/N-ethyl adjacent to an activating group) is 1. The van der Waals surface area contributed by atoms with Crippen LogP contribution in [0.1, 0.15) is 54.8 Å². The molecule has 0 N–H and O–H groups in total. The minimum Gasteiger partial charge on any atom is -0.304 e. The fourth-order valence-electron chi connectivity index (χ4n) is 4.68. The van der Waals surface area contributed by atoms with Crippen molar-refractivity contribution in [2.24, 2.45) is 0 Å². The van der Waals surface area contributed by atoms with Crippen LogP contribution in [-0.2, 0) is 29.6 Å². The molecule has 0 amide bonds. The van der Waals surface area contributed by atoms with Crippen LogP contribution in [0.15, 0.2) is 18.2 Å². The predicted octanol–water partition coefficient (Wildman–Crippen LogP) is 6.12. The monoisotopic (exact) mass is 592 g/mol. The van der Waals surface area contributed by atoms with Gasteiger partial charge >= 0.3 is 6.18 Å². The van der Waals surface area contributed by atoms with Crippen LogP contribution < -0.4 is 0 Å². The number of aromatic nitrogens is 1. The molecule has 12 heteroatoms. The maximum absolute atomic E-state index is 13.6. The van der Waals surface area contributed by atoms with Crippen LogP contribution in [0.3, 0.4) is 0 Å². The Bertz CT molecular complexity index is 1050. The fraction of sp³-hybridized carbons (Fsp3) is 0.630. The van der Waals surface area contributed by atoms with E-state index in [1.807, 2.05) is 18.7 Å². The van der Waals surface area contributed by atoms with Gasteiger partial charge in [0, 0.05) is 67.7 Å². The Morgan fingerprint density at radius 1 is 1.03 bits per heavy atom. The highest BCUT2D eigenvalue weighted by atomic mass is 32.1. The molecule has 2 fully saturated rings. The van der Waals surface area contributed by atoms with E-state index in [9.17, 15) is 26.7 Å². The van der Waals surface area contributed by atoms with Crippen LogP contribution in [0.2, 0.25) is 0 Å². The Labute approximate surface area is 234 Å². The molecule has 0 radical (unpaired) electrons. The van der Waals surface area contributed by atoms with Gasteiger partial charge in [0.15, 0.2) is 0 Å². The number of alkyl halides is 5. The highest BCUT2D eigenvalue weighted by molar-refractivity contribution is 7.17. The van der Waals surface area contributed by atoms with Gasteiger partial charge in [-0.25, -0.2) is 4.98 Å². The second-order valence-corrected chi connectivity index (χ2v) is 11.7. The number of fused-ring (bicyclic) bond motifs is 1. The molecule has 0 bridgehead atoms. The predicted molar refractivity (Wildman–Crippen MR) is 149 cm³/mol. The third-order valence-corrected chi connectivity index (χ3v) is 8.63. The maximum Gasteiger partial charge on any atom is 0.416 e. The first-order valence-corrected chi connectivity index (χ1v) is 14.8. The zero-order valence-corrected chi connectivity index (χ0v) is 24.7. The molecular formula is C27H38F5N4OPS. The van der Waals surface area contributed by atoms with Gasteiger partial charge in [-0.05, 0) is 38.1 Å². The lowest BCUT2D eigenvalue weighted by Gasteiger charge is -2.42. The quantitative estimate of drug-likeness (QED) is 0.238. The van der Waals surface area contributed by atoms with Crippen molar-refractivity contribution in [1.82, 2.24) is 19.7 Å². The van der Waals surface area contributed by atoms with E-state index in [0.717, 1.165) is 35.0 Å². The number of rotatable bonds is 5. The summed E-state index contributed by atoms with van der Waals surface area (Å²) in [5, 5.41) is 0.268. The van der Waals surface area contributed by atoms with Crippen LogP contribution in [0.5, 0.6) is 0 Å². The molecule has 2 aromatic rings. The van der Waals surface area contributed by atoms with Crippen molar-refractivity contribution in [3.05, 3.63) is 39.9 Å². The van der Waals surface area contributed by atoms with Crippen LogP contribution in [0.25, 0.3) is 10.6 Å². The van der Waals surface area contributed by atoms with E-state index >= 15 is 0 Å². The molecule has 0 spiro atoms. The summed E-state index contributed by atoms with van der Waals surface area (Å²) < 4.78 is 66.6. The van der Waals surface area contributed by atoms with Gasteiger partial charge in [-0.3, -0.25) is 9.80 Å². The van der Waals surface area contributed by atoms with Crippen LogP contribution in [0, 0.1) is 0 Å². The van der Waals surface area contributed by atoms with Crippen molar-refractivity contribution in [2.45, 2.75) is 64.0 Å². The molecule has 2 aliphatic heterocycles. The average Bonchev–Trinajstić information content (AvgIpc) is 3.29. The van der Waals surface area contributed by atoms with E-state index < -0.39 is 23.0 Å². The SMILES string of the molecule is CC.CN1CCN(C2CCC2)CC1.O=CCN1CCc2nc(-c3cc(C(F)(F)F)cc(C(F)(F)P)c3)sc2C1. The standard InChI is InChI=1S/C16H14F5N2OPS.C9H18N2.C2H6/c17-15(18,19)10-5-9(6-11(7-10)16(20,21)25)14-22-12-1-2-23(3-4-24)8-13(12)26-14;1-10-5-7-11(8-6-10)9-3-2-4-9;1-2/h4-7H,1-3,8,25H2;9H,2-8H2,1H3;1-2H3. The van der Waals surface area contributed by atoms with E-state index in [-0.39, 0.29) is 17.1 Å². The van der Waals surface area contributed by atoms with E-state index in [2.05, 4.69) is 21.8 Å². The van der Waals surface area contributed by atoms with Gasteiger partial charge < -0.3 is 9.69 Å². The number of carbonyl (C=O) groups excluding carboxylic acids is 1. The normalized spacial score (nSPS) is 19.2. The number of aldehydes is 1. The molecule has 5 nitrogen and oxygen atoms in total. The molecular weight excluding hydrogens is 554 g/mol. The van der Waals surface area contributed by atoms with Crippen LogP contribution in [0.4, 0.5) is 22.0 Å². The van der Waals surface area contributed by atoms with Crippen LogP contribution in [-0.4, -0.2) is 78.3 Å². The van der Waals surface area contributed by atoms with Crippen molar-refractivity contribution in [2.75, 3.05) is 46.3 Å². The lowest BCUT2D eigenvalue weighted by Crippen LogP contribution is -2.51. The third-order valence-electron chi connectivity index (χ3n) is 7.16. The van der Waals surface area contributed by atoms with Gasteiger partial charge in [-0.1, -0.05) is 29.5 Å². The Balaban J connectivity index is 0.000000267. The van der Waals surface area contributed by atoms with Gasteiger partial charge in [-0.15, -0.1) is 11.3 Å². The van der Waals surface area contributed by atoms with Crippen molar-refractivity contribution >= 4 is 26.9 Å². The van der Waals surface area contributed by atoms with Gasteiger partial charge in [0.25, 0.3) is 5.66 Å². The molecule has 3 heterocycles. The number of benzene rings is 1. The zero-order valence-electron chi connectivity index (χ0n) is 22.7. The van der Waals surface area contributed by atoms with E-state index in [1.165, 1.54) is 66.0 Å². The second-order valence-electron chi connectivity index (χ2n) is 9.88. The van der Waals surface area contributed by atoms with Crippen molar-refractivity contribution in [1.29, 1.82) is 0 Å². The lowest BCUT2D eigenvalue weighted by molar-refractivity contribution is -0.137. The fourth-order valence-corrected chi connectivity index (χ4v) is 5.98. The molecule has 1 saturated heterocycles. The first-order chi connectivity index (χ1) is 18.4. The number of hydrogen-bond acceptors (Lipinski definition) is 6. The highest BCUT2D eigenvalue weighted by Gasteiger charge is 2.35. The summed E-state index contributed by atoms with van der Waals surface area (Å²) >= 11 is 1.17. The Hall–Kier alpha value is -1.52. The number of piperazine rings is 1. The van der Waals surface area contributed by atoms with E-state index in [1.54, 1.807) is 0 Å². The average molecular weight is 593 g/mol. The smallest absolute Gasteiger partial charge is 0.304 e. The lowest BCUT2D eigenvalue weighted by atomic mass is 9.91. The van der Waals surface area contributed by atoms with Gasteiger partial charge in [-0.2, -0.15) is 22.0 Å². The summed E-state index contributed by atoms with van der Waals surface area (Å²) in [4.78, 5) is 22.8. The summed E-state index contributed by atoms with van der Waals surface area (Å²) in [6.07, 6.45) is 1.00. The van der Waals surface area contributed by atoms with Crippen LogP contribution >= 0.6 is 20.6 Å². The molecule has 1 aromatic heterocycles. The van der Waals surface area contributed by atoms with Crippen molar-refractivity contribution in [3.63, 3.8) is 0 Å². The number of hydrogen-bond donors (Lipinski definition) is 0. The van der Waals surface area contributed by atoms with Crippen molar-refractivity contribution < 1.29 is 26.7 Å². The molecule has 1 atom stereocenters. The summed E-state index contributed by atoms with van der Waals surface area (Å²) in [5.41, 5.74) is -4.60. The topological polar surface area (TPSA) is 39.7 Å². The molecule has 39 heavy (non-hydrogen) atoms. The molecule has 1 aliphatic carbocycles. The summed E-state index contributed by atoms with van der Waals surface area (Å²) in [6.45, 7) is 10.5. The maximum atomic E-state index is 13.6. The molecule has 3 aliphatic rings. The van der Waals surface area contributed by atoms with Crippen molar-refractivity contribution in [3.8, 4) is 10.6 Å². The summed E-state index contributed by atoms with van der Waals surface area (Å²) in [6, 6.07) is 3.29. The number of nitrogens with zero attached hydrogens (tertiary/aromatic N) is 4. The molecule has 1 aromatic carbocycles. The first-order valence-electron chi connectivity index (χ1n) is 13.4. The second kappa shape index (κ2) is 13.9. The Morgan fingerprint density at radius 3 is 2.21 bits per heavy atom. The minimum atomic E-state index is -4.74. The minimum absolute atomic E-state index is 0.0123. The largest absolute Gasteiger partial charge is 0.416 e. The van der Waals surface area contributed by atoms with Gasteiger partial charge in [0.2, 0.25) is 0 Å². The first kappa shape index (κ1) is 32.0. The highest BCUT2D eigenvalue weighted by Crippen LogP contribution is 2.42. The zero-order chi connectivity index (χ0) is 28.8. The summed E-state index contributed by atoms with van der Waals surface area (Å²) in [5.74, 6) is 0. The number of thiazole rings is 1. The van der Waals surface area contributed by atoms with Gasteiger partial charge in [0.05, 0.1) is 17.8 Å². The molecule has 1 unspecified atom stereocenters. The number of carbonyl (C=O) groups is 1. The Morgan fingerprint density at radius 2 is 1.67 bits per heavy atom.